The van der Waals surface area contributed by atoms with Crippen molar-refractivity contribution in [2.75, 3.05) is 10.6 Å². The highest BCUT2D eigenvalue weighted by Gasteiger charge is 2.12. The average molecular weight is 319 g/mol. The Balaban J connectivity index is 1.73. The number of benzene rings is 2. The molecule has 1 heterocycles. The lowest BCUT2D eigenvalue weighted by Crippen LogP contribution is -2.10. The third-order valence-corrected chi connectivity index (χ3v) is 3.61. The van der Waals surface area contributed by atoms with Crippen molar-refractivity contribution in [2.45, 2.75) is 26.2 Å². The summed E-state index contributed by atoms with van der Waals surface area (Å²) >= 11 is 0. The second kappa shape index (κ2) is 6.66. The Morgan fingerprint density at radius 1 is 0.792 bits per heavy atom. The molecular weight excluding hydrogens is 298 g/mol. The van der Waals surface area contributed by atoms with Gasteiger partial charge in [-0.05, 0) is 35.2 Å². The minimum Gasteiger partial charge on any atom is -0.339 e. The van der Waals surface area contributed by atoms with E-state index in [1.165, 1.54) is 5.56 Å². The molecule has 0 atom stereocenters. The van der Waals surface area contributed by atoms with E-state index >= 15 is 0 Å². The topological polar surface area (TPSA) is 62.7 Å². The Labute approximate surface area is 142 Å². The normalized spacial score (nSPS) is 11.1. The van der Waals surface area contributed by atoms with E-state index in [0.717, 1.165) is 11.4 Å². The first-order chi connectivity index (χ1) is 11.5. The largest absolute Gasteiger partial charge is 0.339 e. The van der Waals surface area contributed by atoms with Gasteiger partial charge in [-0.15, -0.1) is 5.10 Å². The maximum Gasteiger partial charge on any atom is 0.249 e. The monoisotopic (exact) mass is 319 g/mol. The van der Waals surface area contributed by atoms with Crippen molar-refractivity contribution in [3.63, 3.8) is 0 Å². The summed E-state index contributed by atoms with van der Waals surface area (Å²) in [7, 11) is 0. The van der Waals surface area contributed by atoms with E-state index in [2.05, 4.69) is 58.7 Å². The minimum atomic E-state index is 0.141. The zero-order valence-electron chi connectivity index (χ0n) is 14.1. The number of nitrogens with zero attached hydrogens (tertiary/aromatic N) is 3. The number of hydrogen-bond acceptors (Lipinski definition) is 5. The molecule has 3 aromatic rings. The Hall–Kier alpha value is -2.95. The van der Waals surface area contributed by atoms with Crippen LogP contribution in [0.5, 0.6) is 0 Å². The van der Waals surface area contributed by atoms with Crippen molar-refractivity contribution < 1.29 is 0 Å². The Morgan fingerprint density at radius 2 is 1.46 bits per heavy atom. The lowest BCUT2D eigenvalue weighted by Gasteiger charge is -2.19. The number of nitrogens with one attached hydrogen (secondary N) is 2. The van der Waals surface area contributed by atoms with Gasteiger partial charge < -0.3 is 10.6 Å². The molecule has 0 fully saturated rings. The first-order valence-corrected chi connectivity index (χ1v) is 7.90. The Kier molecular flexibility index (Phi) is 4.42. The summed E-state index contributed by atoms with van der Waals surface area (Å²) in [6.07, 6.45) is 1.61. The third kappa shape index (κ3) is 4.07. The van der Waals surface area contributed by atoms with Crippen LogP contribution in [0, 0.1) is 0 Å². The molecule has 0 unspecified atom stereocenters. The zero-order valence-corrected chi connectivity index (χ0v) is 14.1. The van der Waals surface area contributed by atoms with E-state index in [1.807, 2.05) is 42.5 Å². The standard InChI is InChI=1S/C19H21N5/c1-19(2,3)14-9-11-16(12-10-14)21-17-13-20-24-18(23-17)22-15-7-5-4-6-8-15/h4-13H,1-3H3,(H2,21,22,23,24). The molecule has 0 saturated heterocycles. The smallest absolute Gasteiger partial charge is 0.249 e. The van der Waals surface area contributed by atoms with Gasteiger partial charge in [-0.1, -0.05) is 51.1 Å². The zero-order chi connectivity index (χ0) is 17.0. The molecule has 1 aromatic heterocycles. The van der Waals surface area contributed by atoms with E-state index in [1.54, 1.807) is 6.20 Å². The van der Waals surface area contributed by atoms with E-state index in [9.17, 15) is 0 Å². The van der Waals surface area contributed by atoms with Crippen LogP contribution >= 0.6 is 0 Å². The van der Waals surface area contributed by atoms with Gasteiger partial charge in [0.1, 0.15) is 0 Å². The summed E-state index contributed by atoms with van der Waals surface area (Å²) in [4.78, 5) is 4.44. The first kappa shape index (κ1) is 15.9. The molecule has 0 radical (unpaired) electrons. The molecule has 5 nitrogen and oxygen atoms in total. The highest BCUT2D eigenvalue weighted by molar-refractivity contribution is 5.58. The quantitative estimate of drug-likeness (QED) is 0.732. The van der Waals surface area contributed by atoms with Crippen LogP contribution in [-0.2, 0) is 5.41 Å². The van der Waals surface area contributed by atoms with Crippen LogP contribution in [-0.4, -0.2) is 15.2 Å². The lowest BCUT2D eigenvalue weighted by atomic mass is 9.87. The molecule has 0 aliphatic rings. The fraction of sp³-hybridized carbons (Fsp3) is 0.211. The summed E-state index contributed by atoms with van der Waals surface area (Å²) in [5.74, 6) is 1.10. The molecule has 0 spiro atoms. The molecule has 24 heavy (non-hydrogen) atoms. The second-order valence-corrected chi connectivity index (χ2v) is 6.61. The predicted molar refractivity (Wildman–Crippen MR) is 98.0 cm³/mol. The van der Waals surface area contributed by atoms with Crippen LogP contribution in [0.3, 0.4) is 0 Å². The van der Waals surface area contributed by atoms with Gasteiger partial charge in [0, 0.05) is 11.4 Å². The first-order valence-electron chi connectivity index (χ1n) is 7.90. The van der Waals surface area contributed by atoms with Gasteiger partial charge >= 0.3 is 0 Å². The summed E-state index contributed by atoms with van der Waals surface area (Å²) in [6, 6.07) is 18.1. The number of anilines is 4. The summed E-state index contributed by atoms with van der Waals surface area (Å²) in [5.41, 5.74) is 3.32. The van der Waals surface area contributed by atoms with Gasteiger partial charge in [-0.25, -0.2) is 0 Å². The summed E-state index contributed by atoms with van der Waals surface area (Å²) in [6.45, 7) is 6.60. The number of aromatic nitrogens is 3. The van der Waals surface area contributed by atoms with Crippen LogP contribution < -0.4 is 10.6 Å². The minimum absolute atomic E-state index is 0.141. The van der Waals surface area contributed by atoms with Crippen LogP contribution in [0.15, 0.2) is 60.8 Å². The van der Waals surface area contributed by atoms with Crippen LogP contribution in [0.4, 0.5) is 23.1 Å². The molecule has 2 aromatic carbocycles. The SMILES string of the molecule is CC(C)(C)c1ccc(Nc2cnnc(Nc3ccccc3)n2)cc1. The van der Waals surface area contributed by atoms with Gasteiger partial charge in [0.05, 0.1) is 6.20 Å². The third-order valence-electron chi connectivity index (χ3n) is 3.61. The van der Waals surface area contributed by atoms with Crippen LogP contribution in [0.2, 0.25) is 0 Å². The fourth-order valence-electron chi connectivity index (χ4n) is 2.27. The average Bonchev–Trinajstić information content (AvgIpc) is 2.56. The molecule has 2 N–H and O–H groups in total. The van der Waals surface area contributed by atoms with Crippen molar-refractivity contribution in [3.8, 4) is 0 Å². The molecule has 3 rings (SSSR count). The second-order valence-electron chi connectivity index (χ2n) is 6.61. The highest BCUT2D eigenvalue weighted by Crippen LogP contribution is 2.24. The molecule has 122 valence electrons. The van der Waals surface area contributed by atoms with Crippen molar-refractivity contribution in [2.24, 2.45) is 0 Å². The highest BCUT2D eigenvalue weighted by atomic mass is 15.3. The van der Waals surface area contributed by atoms with Crippen molar-refractivity contribution in [1.82, 2.24) is 15.2 Å². The van der Waals surface area contributed by atoms with Gasteiger partial charge in [0.15, 0.2) is 5.82 Å². The van der Waals surface area contributed by atoms with Gasteiger partial charge in [-0.3, -0.25) is 0 Å². The van der Waals surface area contributed by atoms with E-state index in [4.69, 9.17) is 0 Å². The van der Waals surface area contributed by atoms with Crippen LogP contribution in [0.25, 0.3) is 0 Å². The van der Waals surface area contributed by atoms with E-state index < -0.39 is 0 Å². The van der Waals surface area contributed by atoms with Gasteiger partial charge in [-0.2, -0.15) is 10.1 Å². The van der Waals surface area contributed by atoms with Gasteiger partial charge in [0.2, 0.25) is 5.95 Å². The molecule has 0 saturated carbocycles. The maximum absolute atomic E-state index is 4.44. The summed E-state index contributed by atoms with van der Waals surface area (Å²) in [5, 5.41) is 14.4. The number of hydrogen-bond donors (Lipinski definition) is 2. The van der Waals surface area contributed by atoms with Gasteiger partial charge in [0.25, 0.3) is 0 Å². The molecule has 5 heteroatoms. The predicted octanol–water partition coefficient (Wildman–Crippen LogP) is 4.66. The van der Waals surface area contributed by atoms with Crippen molar-refractivity contribution in [1.29, 1.82) is 0 Å². The Bertz CT molecular complexity index is 792. The van der Waals surface area contributed by atoms with Crippen molar-refractivity contribution >= 4 is 23.1 Å². The van der Waals surface area contributed by atoms with Crippen LogP contribution in [0.1, 0.15) is 26.3 Å². The van der Waals surface area contributed by atoms with E-state index in [-0.39, 0.29) is 5.41 Å². The maximum atomic E-state index is 4.44. The molecule has 0 amide bonds. The van der Waals surface area contributed by atoms with E-state index in [0.29, 0.717) is 11.8 Å². The summed E-state index contributed by atoms with van der Waals surface area (Å²) < 4.78 is 0. The molecule has 0 aliphatic carbocycles. The lowest BCUT2D eigenvalue weighted by molar-refractivity contribution is 0.590. The number of rotatable bonds is 4. The molecule has 0 aliphatic heterocycles. The fourth-order valence-corrected chi connectivity index (χ4v) is 2.27. The van der Waals surface area contributed by atoms with Crippen molar-refractivity contribution in [3.05, 3.63) is 66.4 Å². The Morgan fingerprint density at radius 3 is 2.12 bits per heavy atom. The molecular formula is C19H21N5. The number of para-hydroxylation sites is 1. The molecule has 0 bridgehead atoms.